The molecule has 0 saturated heterocycles. The number of nitrogens with one attached hydrogen (secondary N) is 2. The van der Waals surface area contributed by atoms with E-state index in [1.165, 1.54) is 43.5 Å². The first-order chi connectivity index (χ1) is 13.2. The summed E-state index contributed by atoms with van der Waals surface area (Å²) < 4.78 is 46.6. The van der Waals surface area contributed by atoms with E-state index in [0.717, 1.165) is 0 Å². The molecule has 0 radical (unpaired) electrons. The standard InChI is InChI=1S/C18H17ClF3N3O3/c1-2-28-16(27)17(18(20,21)22,24-11-12-7-5-6-10-23-12)25-15(26)13-8-3-4-9-14(13)19/h3-10,24H,2,11H2,1H3,(H,25,26)/t17-/m1/s1. The molecule has 1 atom stereocenters. The second kappa shape index (κ2) is 9.03. The number of alkyl halides is 3. The molecule has 2 aromatic rings. The fourth-order valence-electron chi connectivity index (χ4n) is 2.30. The number of halogens is 4. The number of rotatable bonds is 7. The molecular weight excluding hydrogens is 399 g/mol. The molecule has 1 amide bonds. The summed E-state index contributed by atoms with van der Waals surface area (Å²) in [5.74, 6) is -2.89. The van der Waals surface area contributed by atoms with Gasteiger partial charge in [0.1, 0.15) is 0 Å². The number of hydrogen-bond donors (Lipinski definition) is 2. The summed E-state index contributed by atoms with van der Waals surface area (Å²) in [5.41, 5.74) is -3.48. The molecule has 2 rings (SSSR count). The van der Waals surface area contributed by atoms with Crippen molar-refractivity contribution in [2.45, 2.75) is 25.3 Å². The van der Waals surface area contributed by atoms with Crippen molar-refractivity contribution in [3.05, 3.63) is 64.9 Å². The highest BCUT2D eigenvalue weighted by atomic mass is 35.5. The molecule has 0 bridgehead atoms. The smallest absolute Gasteiger partial charge is 0.436 e. The fraction of sp³-hybridized carbons (Fsp3) is 0.278. The zero-order valence-corrected chi connectivity index (χ0v) is 15.5. The third kappa shape index (κ3) is 4.79. The molecular formula is C18H17ClF3N3O3. The average Bonchev–Trinajstić information content (AvgIpc) is 2.65. The Labute approximate surface area is 164 Å². The average molecular weight is 416 g/mol. The Morgan fingerprint density at radius 1 is 1.14 bits per heavy atom. The number of carbonyl (C=O) groups excluding carboxylic acids is 2. The number of ether oxygens (including phenoxy) is 1. The molecule has 0 unspecified atom stereocenters. The van der Waals surface area contributed by atoms with E-state index in [4.69, 9.17) is 11.6 Å². The maximum Gasteiger partial charge on any atom is 0.436 e. The molecule has 28 heavy (non-hydrogen) atoms. The van der Waals surface area contributed by atoms with E-state index < -0.39 is 30.3 Å². The molecule has 1 aromatic heterocycles. The van der Waals surface area contributed by atoms with Crippen molar-refractivity contribution in [1.29, 1.82) is 0 Å². The quantitative estimate of drug-likeness (QED) is 0.536. The van der Waals surface area contributed by atoms with Crippen LogP contribution in [-0.2, 0) is 16.1 Å². The molecule has 0 aliphatic rings. The minimum Gasteiger partial charge on any atom is -0.463 e. The highest BCUT2D eigenvalue weighted by Crippen LogP contribution is 2.31. The van der Waals surface area contributed by atoms with Gasteiger partial charge in [-0.1, -0.05) is 29.8 Å². The first kappa shape index (κ1) is 21.6. The summed E-state index contributed by atoms with van der Waals surface area (Å²) in [4.78, 5) is 28.7. The number of esters is 1. The van der Waals surface area contributed by atoms with Crippen LogP contribution in [0.25, 0.3) is 0 Å². The second-order valence-corrected chi connectivity index (χ2v) is 5.98. The Kier molecular flexibility index (Phi) is 6.98. The van der Waals surface area contributed by atoms with E-state index in [1.54, 1.807) is 17.4 Å². The van der Waals surface area contributed by atoms with Gasteiger partial charge < -0.3 is 10.1 Å². The van der Waals surface area contributed by atoms with Crippen LogP contribution in [-0.4, -0.2) is 35.3 Å². The minimum atomic E-state index is -5.22. The molecule has 1 heterocycles. The van der Waals surface area contributed by atoms with E-state index in [2.05, 4.69) is 15.0 Å². The maximum atomic E-state index is 14.0. The van der Waals surface area contributed by atoms with Gasteiger partial charge in [-0.3, -0.25) is 15.1 Å². The molecule has 6 nitrogen and oxygen atoms in total. The van der Waals surface area contributed by atoms with Gasteiger partial charge in [0.05, 0.1) is 22.9 Å². The van der Waals surface area contributed by atoms with Crippen molar-refractivity contribution < 1.29 is 27.5 Å². The summed E-state index contributed by atoms with van der Waals surface area (Å²) in [6.07, 6.45) is -3.83. The van der Waals surface area contributed by atoms with Gasteiger partial charge in [0.25, 0.3) is 11.6 Å². The van der Waals surface area contributed by atoms with Gasteiger partial charge in [0, 0.05) is 12.7 Å². The second-order valence-electron chi connectivity index (χ2n) is 5.58. The number of pyridine rings is 1. The molecule has 0 saturated carbocycles. The molecule has 0 spiro atoms. The van der Waals surface area contributed by atoms with Gasteiger partial charge >= 0.3 is 12.1 Å². The minimum absolute atomic E-state index is 0.0651. The summed E-state index contributed by atoms with van der Waals surface area (Å²) in [6, 6.07) is 10.2. The van der Waals surface area contributed by atoms with Crippen molar-refractivity contribution in [2.75, 3.05) is 6.61 Å². The van der Waals surface area contributed by atoms with E-state index in [0.29, 0.717) is 0 Å². The summed E-state index contributed by atoms with van der Waals surface area (Å²) in [5, 5.41) is 3.71. The molecule has 0 fully saturated rings. The van der Waals surface area contributed by atoms with Gasteiger partial charge in [0.2, 0.25) is 0 Å². The van der Waals surface area contributed by atoms with Crippen molar-refractivity contribution in [3.8, 4) is 0 Å². The number of carbonyl (C=O) groups is 2. The molecule has 1 aromatic carbocycles. The number of amides is 1. The fourth-order valence-corrected chi connectivity index (χ4v) is 2.52. The van der Waals surface area contributed by atoms with E-state index >= 15 is 0 Å². The van der Waals surface area contributed by atoms with Crippen molar-refractivity contribution in [2.24, 2.45) is 0 Å². The van der Waals surface area contributed by atoms with Gasteiger partial charge in [0.15, 0.2) is 0 Å². The van der Waals surface area contributed by atoms with E-state index in [9.17, 15) is 22.8 Å². The van der Waals surface area contributed by atoms with Crippen LogP contribution in [0.5, 0.6) is 0 Å². The third-order valence-electron chi connectivity index (χ3n) is 3.69. The van der Waals surface area contributed by atoms with Crippen LogP contribution in [0.4, 0.5) is 13.2 Å². The number of benzene rings is 1. The van der Waals surface area contributed by atoms with Crippen LogP contribution < -0.4 is 10.6 Å². The lowest BCUT2D eigenvalue weighted by Crippen LogP contribution is -2.72. The molecule has 150 valence electrons. The summed E-state index contributed by atoms with van der Waals surface area (Å²) in [6.45, 7) is 0.583. The Hall–Kier alpha value is -2.65. The Morgan fingerprint density at radius 3 is 2.39 bits per heavy atom. The van der Waals surface area contributed by atoms with Crippen LogP contribution in [0.3, 0.4) is 0 Å². The SMILES string of the molecule is CCOC(=O)[C@@](NCc1ccccn1)(NC(=O)c1ccccc1Cl)C(F)(F)F. The van der Waals surface area contributed by atoms with Gasteiger partial charge in [-0.15, -0.1) is 0 Å². The van der Waals surface area contributed by atoms with Crippen LogP contribution in [0, 0.1) is 0 Å². The van der Waals surface area contributed by atoms with Crippen LogP contribution in [0.15, 0.2) is 48.7 Å². The van der Waals surface area contributed by atoms with Crippen molar-refractivity contribution >= 4 is 23.5 Å². The molecule has 0 aliphatic carbocycles. The van der Waals surface area contributed by atoms with Crippen LogP contribution in [0.2, 0.25) is 5.02 Å². The lowest BCUT2D eigenvalue weighted by atomic mass is 10.1. The summed E-state index contributed by atoms with van der Waals surface area (Å²) in [7, 11) is 0. The highest BCUT2D eigenvalue weighted by molar-refractivity contribution is 6.33. The predicted octanol–water partition coefficient (Wildman–Crippen LogP) is 3.08. The largest absolute Gasteiger partial charge is 0.463 e. The Balaban J connectivity index is 2.42. The number of aromatic nitrogens is 1. The number of nitrogens with zero attached hydrogens (tertiary/aromatic N) is 1. The normalized spacial score (nSPS) is 13.5. The lowest BCUT2D eigenvalue weighted by Gasteiger charge is -2.34. The molecule has 10 heteroatoms. The lowest BCUT2D eigenvalue weighted by molar-refractivity contribution is -0.219. The van der Waals surface area contributed by atoms with Gasteiger partial charge in [-0.25, -0.2) is 4.79 Å². The highest BCUT2D eigenvalue weighted by Gasteiger charge is 2.63. The molecule has 2 N–H and O–H groups in total. The number of hydrogen-bond acceptors (Lipinski definition) is 5. The predicted molar refractivity (Wildman–Crippen MR) is 95.4 cm³/mol. The monoisotopic (exact) mass is 415 g/mol. The van der Waals surface area contributed by atoms with E-state index in [1.807, 2.05) is 0 Å². The van der Waals surface area contributed by atoms with Crippen molar-refractivity contribution in [1.82, 2.24) is 15.6 Å². The topological polar surface area (TPSA) is 80.3 Å². The first-order valence-electron chi connectivity index (χ1n) is 8.17. The van der Waals surface area contributed by atoms with Crippen LogP contribution >= 0.6 is 11.6 Å². The van der Waals surface area contributed by atoms with Gasteiger partial charge in [-0.05, 0) is 31.2 Å². The zero-order chi connectivity index (χ0) is 20.8. The third-order valence-corrected chi connectivity index (χ3v) is 4.02. The summed E-state index contributed by atoms with van der Waals surface area (Å²) >= 11 is 5.89. The Morgan fingerprint density at radius 2 is 1.82 bits per heavy atom. The zero-order valence-electron chi connectivity index (χ0n) is 14.7. The van der Waals surface area contributed by atoms with Crippen LogP contribution in [0.1, 0.15) is 23.0 Å². The Bertz CT molecular complexity index is 834. The van der Waals surface area contributed by atoms with Gasteiger partial charge in [-0.2, -0.15) is 13.2 Å². The van der Waals surface area contributed by atoms with Crippen molar-refractivity contribution in [3.63, 3.8) is 0 Å². The maximum absolute atomic E-state index is 14.0. The van der Waals surface area contributed by atoms with E-state index in [-0.39, 0.29) is 22.9 Å². The molecule has 0 aliphatic heterocycles. The first-order valence-corrected chi connectivity index (χ1v) is 8.55.